The molecular weight excluding hydrogens is 96.1 g/mol. The lowest BCUT2D eigenvalue weighted by Gasteiger charge is -1.97. The lowest BCUT2D eigenvalue weighted by Crippen LogP contribution is -1.86. The van der Waals surface area contributed by atoms with Gasteiger partial charge in [-0.2, -0.15) is 0 Å². The number of hydrogen-bond donors (Lipinski definition) is 0. The van der Waals surface area contributed by atoms with Crippen LogP contribution in [0.25, 0.3) is 0 Å². The van der Waals surface area contributed by atoms with Gasteiger partial charge in [-0.3, -0.25) is 0 Å². The molecule has 0 fully saturated rings. The van der Waals surface area contributed by atoms with Crippen LogP contribution in [0.4, 0.5) is 0 Å². The van der Waals surface area contributed by atoms with Crippen LogP contribution in [0.15, 0.2) is 38.0 Å². The molecule has 43 valence electrons. The summed E-state index contributed by atoms with van der Waals surface area (Å²) in [6.45, 7) is 10.7. The smallest absolute Gasteiger partial charge is 0.000990 e. The molecule has 0 unspecified atom stereocenters. The number of rotatable bonds is 4. The van der Waals surface area contributed by atoms with Gasteiger partial charge in [0.15, 0.2) is 0 Å². The van der Waals surface area contributed by atoms with Crippen molar-refractivity contribution < 1.29 is 0 Å². The van der Waals surface area contributed by atoms with Gasteiger partial charge in [-0.15, -0.1) is 19.7 Å². The van der Waals surface area contributed by atoms with Crippen LogP contribution in [0.1, 0.15) is 0 Å². The fourth-order valence-corrected chi connectivity index (χ4v) is 0.410. The Hall–Kier alpha value is -0.780. The van der Waals surface area contributed by atoms with Crippen molar-refractivity contribution in [2.45, 2.75) is 0 Å². The standard InChI is InChI=1S/C8H11/c1-4-7-8(5-2)6-3/h4-8H,1-3H2. The summed E-state index contributed by atoms with van der Waals surface area (Å²) < 4.78 is 0. The molecule has 0 atom stereocenters. The van der Waals surface area contributed by atoms with Gasteiger partial charge in [-0.1, -0.05) is 18.2 Å². The molecule has 0 aromatic rings. The Morgan fingerprint density at radius 2 is 1.50 bits per heavy atom. The Kier molecular flexibility index (Phi) is 3.95. The van der Waals surface area contributed by atoms with E-state index in [1.54, 1.807) is 6.08 Å². The summed E-state index contributed by atoms with van der Waals surface area (Å²) in [5, 5.41) is 0. The molecule has 0 saturated heterocycles. The maximum absolute atomic E-state index is 3.60. The van der Waals surface area contributed by atoms with Gasteiger partial charge < -0.3 is 0 Å². The minimum Gasteiger partial charge on any atom is -0.103 e. The first-order chi connectivity index (χ1) is 3.85. The zero-order chi connectivity index (χ0) is 6.41. The molecule has 0 saturated carbocycles. The van der Waals surface area contributed by atoms with Gasteiger partial charge >= 0.3 is 0 Å². The van der Waals surface area contributed by atoms with Crippen molar-refractivity contribution in [2.24, 2.45) is 5.92 Å². The second-order valence-electron chi connectivity index (χ2n) is 1.48. The molecule has 8 heavy (non-hydrogen) atoms. The van der Waals surface area contributed by atoms with Crippen molar-refractivity contribution in [1.82, 2.24) is 0 Å². The predicted molar refractivity (Wildman–Crippen MR) is 38.4 cm³/mol. The highest BCUT2D eigenvalue weighted by Crippen LogP contribution is 2.02. The minimum absolute atomic E-state index is 0.285. The molecule has 0 aliphatic heterocycles. The molecule has 0 heteroatoms. The largest absolute Gasteiger partial charge is 0.103 e. The average molecular weight is 107 g/mol. The van der Waals surface area contributed by atoms with E-state index in [2.05, 4.69) is 19.7 Å². The first kappa shape index (κ1) is 7.22. The summed E-state index contributed by atoms with van der Waals surface area (Å²) in [5.74, 6) is 0.285. The van der Waals surface area contributed by atoms with Gasteiger partial charge in [0.25, 0.3) is 0 Å². The molecule has 0 nitrogen and oxygen atoms in total. The van der Waals surface area contributed by atoms with Gasteiger partial charge in [-0.25, -0.2) is 0 Å². The molecule has 0 aromatic heterocycles. The van der Waals surface area contributed by atoms with Crippen LogP contribution in [0.2, 0.25) is 0 Å². The molecule has 0 rings (SSSR count). The Bertz CT molecular complexity index is 82.2. The van der Waals surface area contributed by atoms with Crippen LogP contribution in [0, 0.1) is 12.3 Å². The molecule has 0 heterocycles. The Labute approximate surface area is 51.2 Å². The van der Waals surface area contributed by atoms with E-state index < -0.39 is 0 Å². The van der Waals surface area contributed by atoms with Crippen molar-refractivity contribution in [3.05, 3.63) is 44.4 Å². The average Bonchev–Trinajstić information content (AvgIpc) is 1.83. The van der Waals surface area contributed by atoms with Gasteiger partial charge in [0.2, 0.25) is 0 Å². The monoisotopic (exact) mass is 107 g/mol. The van der Waals surface area contributed by atoms with Crippen LogP contribution >= 0.6 is 0 Å². The molecule has 0 bridgehead atoms. The van der Waals surface area contributed by atoms with Crippen molar-refractivity contribution in [1.29, 1.82) is 0 Å². The second-order valence-corrected chi connectivity index (χ2v) is 1.48. The predicted octanol–water partition coefficient (Wildman–Crippen LogP) is 2.36. The van der Waals surface area contributed by atoms with Crippen LogP contribution in [0.5, 0.6) is 0 Å². The zero-order valence-corrected chi connectivity index (χ0v) is 5.01. The Balaban J connectivity index is 3.50. The molecule has 0 spiro atoms. The highest BCUT2D eigenvalue weighted by molar-refractivity contribution is 5.07. The lowest BCUT2D eigenvalue weighted by atomic mass is 10.1. The third-order valence-electron chi connectivity index (χ3n) is 0.903. The van der Waals surface area contributed by atoms with E-state index in [1.165, 1.54) is 0 Å². The Morgan fingerprint density at radius 3 is 1.62 bits per heavy atom. The fourth-order valence-electron chi connectivity index (χ4n) is 0.410. The third-order valence-corrected chi connectivity index (χ3v) is 0.903. The SMILES string of the molecule is C=C[CH]C(C=C)C=C. The Morgan fingerprint density at radius 1 is 1.00 bits per heavy atom. The topological polar surface area (TPSA) is 0 Å². The maximum Gasteiger partial charge on any atom is 0.000990 e. The lowest BCUT2D eigenvalue weighted by molar-refractivity contribution is 1.01. The third kappa shape index (κ3) is 2.40. The summed E-state index contributed by atoms with van der Waals surface area (Å²) in [6.07, 6.45) is 7.30. The normalized spacial score (nSPS) is 8.62. The second kappa shape index (κ2) is 4.38. The first-order valence-corrected chi connectivity index (χ1v) is 2.56. The quantitative estimate of drug-likeness (QED) is 0.484. The van der Waals surface area contributed by atoms with Crippen LogP contribution in [-0.4, -0.2) is 0 Å². The highest BCUT2D eigenvalue weighted by Gasteiger charge is 1.91. The van der Waals surface area contributed by atoms with Crippen LogP contribution in [0.3, 0.4) is 0 Å². The van der Waals surface area contributed by atoms with E-state index in [0.29, 0.717) is 0 Å². The molecule has 0 aromatic carbocycles. The molecular formula is C8H11. The van der Waals surface area contributed by atoms with Gasteiger partial charge in [-0.05, 0) is 6.42 Å². The van der Waals surface area contributed by atoms with Gasteiger partial charge in [0.05, 0.1) is 0 Å². The highest BCUT2D eigenvalue weighted by atomic mass is 14.0. The summed E-state index contributed by atoms with van der Waals surface area (Å²) >= 11 is 0. The van der Waals surface area contributed by atoms with E-state index in [1.807, 2.05) is 18.6 Å². The molecule has 0 N–H and O–H groups in total. The van der Waals surface area contributed by atoms with E-state index in [-0.39, 0.29) is 5.92 Å². The van der Waals surface area contributed by atoms with Crippen LogP contribution < -0.4 is 0 Å². The molecule has 0 aliphatic carbocycles. The van der Waals surface area contributed by atoms with Gasteiger partial charge in [0, 0.05) is 5.92 Å². The number of allylic oxidation sites excluding steroid dienone is 3. The van der Waals surface area contributed by atoms with Crippen molar-refractivity contribution in [2.75, 3.05) is 0 Å². The number of hydrogen-bond acceptors (Lipinski definition) is 0. The van der Waals surface area contributed by atoms with Crippen molar-refractivity contribution >= 4 is 0 Å². The zero-order valence-electron chi connectivity index (χ0n) is 5.01. The van der Waals surface area contributed by atoms with Crippen molar-refractivity contribution in [3.63, 3.8) is 0 Å². The maximum atomic E-state index is 3.60. The van der Waals surface area contributed by atoms with Gasteiger partial charge in [0.1, 0.15) is 0 Å². The van der Waals surface area contributed by atoms with E-state index >= 15 is 0 Å². The summed E-state index contributed by atoms with van der Waals surface area (Å²) in [4.78, 5) is 0. The molecule has 1 radical (unpaired) electrons. The van der Waals surface area contributed by atoms with E-state index in [4.69, 9.17) is 0 Å². The fraction of sp³-hybridized carbons (Fsp3) is 0.125. The van der Waals surface area contributed by atoms with E-state index in [0.717, 1.165) is 0 Å². The summed E-state index contributed by atoms with van der Waals surface area (Å²) in [7, 11) is 0. The summed E-state index contributed by atoms with van der Waals surface area (Å²) in [5.41, 5.74) is 0. The summed E-state index contributed by atoms with van der Waals surface area (Å²) in [6, 6.07) is 0. The molecule has 0 aliphatic rings. The van der Waals surface area contributed by atoms with Crippen LogP contribution in [-0.2, 0) is 0 Å². The van der Waals surface area contributed by atoms with Crippen molar-refractivity contribution in [3.8, 4) is 0 Å². The molecule has 0 amide bonds. The minimum atomic E-state index is 0.285. The van der Waals surface area contributed by atoms with E-state index in [9.17, 15) is 0 Å². The first-order valence-electron chi connectivity index (χ1n) is 2.56.